The van der Waals surface area contributed by atoms with Crippen LogP contribution in [0.25, 0.3) is 0 Å². The van der Waals surface area contributed by atoms with Gasteiger partial charge in [-0.25, -0.2) is 8.42 Å². The summed E-state index contributed by atoms with van der Waals surface area (Å²) in [6.07, 6.45) is 0. The minimum atomic E-state index is -3.34. The summed E-state index contributed by atoms with van der Waals surface area (Å²) < 4.78 is 24.1. The van der Waals surface area contributed by atoms with Crippen molar-refractivity contribution in [3.8, 4) is 0 Å². The number of carbonyl (C=O) groups is 4. The molecule has 2 aromatic rings. The predicted octanol–water partition coefficient (Wildman–Crippen LogP) is 1.32. The van der Waals surface area contributed by atoms with E-state index in [2.05, 4.69) is 0 Å². The molecule has 0 atom stereocenters. The summed E-state index contributed by atoms with van der Waals surface area (Å²) in [6, 6.07) is 16.9. The first-order valence-electron chi connectivity index (χ1n) is 6.54. The second-order valence-corrected chi connectivity index (χ2v) is 5.50. The molecular weight excluding hydrogens is 384 g/mol. The summed E-state index contributed by atoms with van der Waals surface area (Å²) in [6.45, 7) is -1.00. The zero-order valence-electron chi connectivity index (χ0n) is 13.7. The van der Waals surface area contributed by atoms with Crippen molar-refractivity contribution >= 4 is 35.7 Å². The van der Waals surface area contributed by atoms with Gasteiger partial charge >= 0.3 is 0 Å². The zero-order chi connectivity index (χ0) is 21.6. The summed E-state index contributed by atoms with van der Waals surface area (Å²) in [5, 5.41) is 27.6. The van der Waals surface area contributed by atoms with Crippen LogP contribution in [-0.4, -0.2) is 54.7 Å². The van der Waals surface area contributed by atoms with Gasteiger partial charge in [0.25, 0.3) is 25.9 Å². The topological polar surface area (TPSA) is 183 Å². The molecule has 0 bridgehead atoms. The molecule has 148 valence electrons. The Morgan fingerprint density at radius 2 is 0.704 bits per heavy atom. The van der Waals surface area contributed by atoms with Gasteiger partial charge in [-0.15, -0.1) is 0 Å². The van der Waals surface area contributed by atoms with Gasteiger partial charge in [0.05, 0.1) is 9.79 Å². The molecule has 11 heteroatoms. The quantitative estimate of drug-likeness (QED) is 0.534. The first-order chi connectivity index (χ1) is 12.9. The molecule has 0 radical (unpaired) electrons. The largest absolute Gasteiger partial charge is 0.483 e. The van der Waals surface area contributed by atoms with E-state index in [4.69, 9.17) is 39.6 Å². The molecule has 0 amide bonds. The van der Waals surface area contributed by atoms with Gasteiger partial charge in [0.2, 0.25) is 9.84 Å². The molecule has 0 aromatic heterocycles. The van der Waals surface area contributed by atoms with Crippen LogP contribution < -0.4 is 0 Å². The van der Waals surface area contributed by atoms with Crippen LogP contribution >= 0.6 is 0 Å². The van der Waals surface area contributed by atoms with Crippen LogP contribution in [0, 0.1) is 0 Å². The van der Waals surface area contributed by atoms with Gasteiger partial charge in [-0.1, -0.05) is 36.4 Å². The Bertz CT molecular complexity index is 646. The average molecular weight is 402 g/mol. The number of sulfone groups is 1. The van der Waals surface area contributed by atoms with Crippen LogP contribution in [0.15, 0.2) is 70.5 Å². The number of rotatable bonds is 2. The fraction of sp³-hybridized carbons (Fsp3) is 0. The second kappa shape index (κ2) is 20.3. The molecule has 0 aliphatic carbocycles. The lowest BCUT2D eigenvalue weighted by Crippen LogP contribution is -2.00. The zero-order valence-corrected chi connectivity index (χ0v) is 14.5. The highest BCUT2D eigenvalue weighted by Crippen LogP contribution is 2.19. The Morgan fingerprint density at radius 3 is 0.889 bits per heavy atom. The van der Waals surface area contributed by atoms with E-state index in [0.29, 0.717) is 9.79 Å². The molecule has 0 aliphatic heterocycles. The van der Waals surface area contributed by atoms with Crippen LogP contribution in [0.5, 0.6) is 0 Å². The lowest BCUT2D eigenvalue weighted by molar-refractivity contribution is -0.123. The summed E-state index contributed by atoms with van der Waals surface area (Å²) in [5.74, 6) is 0. The van der Waals surface area contributed by atoms with Gasteiger partial charge in [0.1, 0.15) is 0 Å². The Morgan fingerprint density at radius 1 is 0.519 bits per heavy atom. The van der Waals surface area contributed by atoms with E-state index in [9.17, 15) is 8.42 Å². The highest BCUT2D eigenvalue weighted by atomic mass is 32.2. The maximum atomic E-state index is 12.0. The maximum Gasteiger partial charge on any atom is 0.290 e. The van der Waals surface area contributed by atoms with Crippen molar-refractivity contribution in [1.29, 1.82) is 0 Å². The van der Waals surface area contributed by atoms with Crippen molar-refractivity contribution < 1.29 is 48.0 Å². The third kappa shape index (κ3) is 15.5. The molecule has 10 nitrogen and oxygen atoms in total. The Balaban J connectivity index is -0.000000400. The van der Waals surface area contributed by atoms with Gasteiger partial charge < -0.3 is 20.4 Å². The normalized spacial score (nSPS) is 8.00. The summed E-state index contributed by atoms with van der Waals surface area (Å²) in [4.78, 5) is 34.1. The minimum Gasteiger partial charge on any atom is -0.483 e. The second-order valence-electron chi connectivity index (χ2n) is 3.55. The highest BCUT2D eigenvalue weighted by Gasteiger charge is 2.15. The molecule has 2 rings (SSSR count). The Labute approximate surface area is 154 Å². The molecule has 27 heavy (non-hydrogen) atoms. The fourth-order valence-electron chi connectivity index (χ4n) is 1.34. The Hall–Kier alpha value is -3.73. The number of benzene rings is 2. The first-order valence-corrected chi connectivity index (χ1v) is 8.02. The average Bonchev–Trinajstić information content (AvgIpc) is 2.66. The molecule has 0 spiro atoms. The van der Waals surface area contributed by atoms with Crippen molar-refractivity contribution in [2.24, 2.45) is 0 Å². The SMILES string of the molecule is O=CO.O=CO.O=CO.O=CO.O=S(=O)(c1ccccc1)c1ccccc1. The first kappa shape index (κ1) is 28.1. The van der Waals surface area contributed by atoms with E-state index in [1.807, 2.05) is 0 Å². The minimum absolute atomic E-state index is 0.250. The van der Waals surface area contributed by atoms with Gasteiger partial charge in [-0.05, 0) is 24.3 Å². The van der Waals surface area contributed by atoms with E-state index in [1.165, 1.54) is 0 Å². The maximum absolute atomic E-state index is 12.0. The standard InChI is InChI=1S/C12H10O2S.4CH2O2/c13-15(14,11-7-3-1-4-8-11)12-9-5-2-6-10-12;4*2-1-3/h1-10H;4*1H,(H,2,3). The smallest absolute Gasteiger partial charge is 0.290 e. The third-order valence-corrected chi connectivity index (χ3v) is 3.89. The van der Waals surface area contributed by atoms with Crippen LogP contribution in [0.1, 0.15) is 0 Å². The monoisotopic (exact) mass is 402 g/mol. The van der Waals surface area contributed by atoms with E-state index in [1.54, 1.807) is 60.7 Å². The number of carboxylic acid groups (broad SMARTS) is 4. The van der Waals surface area contributed by atoms with Gasteiger partial charge in [0, 0.05) is 0 Å². The number of hydrogen-bond acceptors (Lipinski definition) is 6. The van der Waals surface area contributed by atoms with Gasteiger partial charge in [0.15, 0.2) is 0 Å². The van der Waals surface area contributed by atoms with Crippen LogP contribution in [0.3, 0.4) is 0 Å². The lowest BCUT2D eigenvalue weighted by atomic mass is 10.4. The molecule has 0 aliphatic rings. The molecule has 2 aromatic carbocycles. The van der Waals surface area contributed by atoms with E-state index >= 15 is 0 Å². The van der Waals surface area contributed by atoms with Crippen molar-refractivity contribution in [2.45, 2.75) is 9.79 Å². The van der Waals surface area contributed by atoms with Crippen molar-refractivity contribution in [3.63, 3.8) is 0 Å². The molecule has 0 saturated heterocycles. The molecule has 0 saturated carbocycles. The summed E-state index contributed by atoms with van der Waals surface area (Å²) in [7, 11) is -3.34. The summed E-state index contributed by atoms with van der Waals surface area (Å²) >= 11 is 0. The summed E-state index contributed by atoms with van der Waals surface area (Å²) in [5.41, 5.74) is 0. The molecule has 4 N–H and O–H groups in total. The van der Waals surface area contributed by atoms with Gasteiger partial charge in [-0.3, -0.25) is 19.2 Å². The molecule has 0 fully saturated rings. The highest BCUT2D eigenvalue weighted by molar-refractivity contribution is 7.91. The van der Waals surface area contributed by atoms with Crippen molar-refractivity contribution in [1.82, 2.24) is 0 Å². The lowest BCUT2D eigenvalue weighted by Gasteiger charge is -2.03. The molecule has 0 unspecified atom stereocenters. The van der Waals surface area contributed by atoms with E-state index in [-0.39, 0.29) is 25.9 Å². The molecular formula is C16H18O10S. The van der Waals surface area contributed by atoms with Gasteiger partial charge in [-0.2, -0.15) is 0 Å². The van der Waals surface area contributed by atoms with Crippen LogP contribution in [0.2, 0.25) is 0 Å². The Kier molecular flexibility index (Phi) is 21.1. The van der Waals surface area contributed by atoms with E-state index in [0.717, 1.165) is 0 Å². The van der Waals surface area contributed by atoms with Crippen molar-refractivity contribution in [2.75, 3.05) is 0 Å². The van der Waals surface area contributed by atoms with Crippen LogP contribution in [0.4, 0.5) is 0 Å². The van der Waals surface area contributed by atoms with Crippen LogP contribution in [-0.2, 0) is 29.0 Å². The third-order valence-electron chi connectivity index (χ3n) is 2.11. The predicted molar refractivity (Wildman–Crippen MR) is 93.1 cm³/mol. The fourth-order valence-corrected chi connectivity index (χ4v) is 2.64. The van der Waals surface area contributed by atoms with Crippen molar-refractivity contribution in [3.05, 3.63) is 60.7 Å². The van der Waals surface area contributed by atoms with E-state index < -0.39 is 9.84 Å². The number of hydrogen-bond donors (Lipinski definition) is 4. The molecule has 0 heterocycles.